The van der Waals surface area contributed by atoms with E-state index in [0.717, 1.165) is 0 Å². The second-order valence-electron chi connectivity index (χ2n) is 3.70. The zero-order valence-corrected chi connectivity index (χ0v) is 10.4. The van der Waals surface area contributed by atoms with E-state index in [1.54, 1.807) is 0 Å². The van der Waals surface area contributed by atoms with Crippen molar-refractivity contribution in [1.82, 2.24) is 0 Å². The SMILES string of the molecule is N#Cc1ccc(F)c(CSCCC(N)C(=O)O)c1. The Hall–Kier alpha value is -1.58. The second kappa shape index (κ2) is 6.99. The summed E-state index contributed by atoms with van der Waals surface area (Å²) < 4.78 is 13.4. The molecule has 0 saturated heterocycles. The molecule has 0 aliphatic rings. The van der Waals surface area contributed by atoms with Crippen LogP contribution in [0.1, 0.15) is 17.5 Å². The van der Waals surface area contributed by atoms with Crippen LogP contribution in [0, 0.1) is 17.1 Å². The fourth-order valence-electron chi connectivity index (χ4n) is 1.27. The van der Waals surface area contributed by atoms with Crippen molar-refractivity contribution in [3.8, 4) is 6.07 Å². The molecule has 0 aromatic heterocycles. The number of thioether (sulfide) groups is 1. The summed E-state index contributed by atoms with van der Waals surface area (Å²) >= 11 is 1.39. The number of nitriles is 1. The van der Waals surface area contributed by atoms with Gasteiger partial charge in [0, 0.05) is 5.75 Å². The molecule has 0 saturated carbocycles. The van der Waals surface area contributed by atoms with Gasteiger partial charge in [-0.05, 0) is 35.9 Å². The summed E-state index contributed by atoms with van der Waals surface area (Å²) in [7, 11) is 0. The average molecular weight is 268 g/mol. The molecule has 0 heterocycles. The lowest BCUT2D eigenvalue weighted by Crippen LogP contribution is -2.30. The maximum absolute atomic E-state index is 13.4. The number of aliphatic carboxylic acids is 1. The largest absolute Gasteiger partial charge is 0.480 e. The molecule has 0 fully saturated rings. The highest BCUT2D eigenvalue weighted by atomic mass is 32.2. The molecule has 0 aliphatic carbocycles. The van der Waals surface area contributed by atoms with Crippen LogP contribution in [0.5, 0.6) is 0 Å². The van der Waals surface area contributed by atoms with Gasteiger partial charge in [0.15, 0.2) is 0 Å². The molecule has 1 atom stereocenters. The zero-order valence-electron chi connectivity index (χ0n) is 9.60. The summed E-state index contributed by atoms with van der Waals surface area (Å²) in [5, 5.41) is 17.3. The molecule has 6 heteroatoms. The number of carbonyl (C=O) groups is 1. The van der Waals surface area contributed by atoms with Gasteiger partial charge in [-0.3, -0.25) is 4.79 Å². The van der Waals surface area contributed by atoms with Crippen molar-refractivity contribution in [3.63, 3.8) is 0 Å². The monoisotopic (exact) mass is 268 g/mol. The first kappa shape index (κ1) is 14.5. The lowest BCUT2D eigenvalue weighted by atomic mass is 10.1. The summed E-state index contributed by atoms with van der Waals surface area (Å²) in [4.78, 5) is 10.5. The predicted molar refractivity (Wildman–Crippen MR) is 67.5 cm³/mol. The molecule has 0 bridgehead atoms. The third-order valence-electron chi connectivity index (χ3n) is 2.32. The van der Waals surface area contributed by atoms with Gasteiger partial charge in [-0.1, -0.05) is 0 Å². The van der Waals surface area contributed by atoms with Crippen molar-refractivity contribution in [2.75, 3.05) is 5.75 Å². The first-order valence-corrected chi connectivity index (χ1v) is 6.44. The highest BCUT2D eigenvalue weighted by Gasteiger charge is 2.11. The van der Waals surface area contributed by atoms with Crippen LogP contribution in [0.4, 0.5) is 4.39 Å². The van der Waals surface area contributed by atoms with Crippen molar-refractivity contribution in [2.24, 2.45) is 5.73 Å². The quantitative estimate of drug-likeness (QED) is 0.767. The third kappa shape index (κ3) is 4.35. The van der Waals surface area contributed by atoms with Gasteiger partial charge in [0.1, 0.15) is 11.9 Å². The minimum absolute atomic E-state index is 0.333. The molecule has 1 aromatic carbocycles. The predicted octanol–water partition coefficient (Wildman–Crippen LogP) is 1.73. The number of hydrogen-bond donors (Lipinski definition) is 2. The molecule has 3 N–H and O–H groups in total. The van der Waals surface area contributed by atoms with Crippen molar-refractivity contribution < 1.29 is 14.3 Å². The maximum Gasteiger partial charge on any atom is 0.320 e. The lowest BCUT2D eigenvalue weighted by Gasteiger charge is -2.06. The van der Waals surface area contributed by atoms with Crippen molar-refractivity contribution in [2.45, 2.75) is 18.2 Å². The molecule has 1 aromatic rings. The number of nitrogens with zero attached hydrogens (tertiary/aromatic N) is 1. The summed E-state index contributed by atoms with van der Waals surface area (Å²) in [6.45, 7) is 0. The molecule has 1 rings (SSSR count). The van der Waals surface area contributed by atoms with Crippen LogP contribution in [-0.4, -0.2) is 22.9 Å². The fourth-order valence-corrected chi connectivity index (χ4v) is 2.28. The van der Waals surface area contributed by atoms with Gasteiger partial charge in [0.05, 0.1) is 11.6 Å². The van der Waals surface area contributed by atoms with Crippen LogP contribution in [0.3, 0.4) is 0 Å². The van der Waals surface area contributed by atoms with Crippen LogP contribution >= 0.6 is 11.8 Å². The van der Waals surface area contributed by atoms with Gasteiger partial charge in [-0.15, -0.1) is 0 Å². The molecule has 0 spiro atoms. The Morgan fingerprint density at radius 2 is 2.33 bits per heavy atom. The number of hydrogen-bond acceptors (Lipinski definition) is 4. The zero-order chi connectivity index (χ0) is 13.5. The molecule has 0 radical (unpaired) electrons. The first-order valence-electron chi connectivity index (χ1n) is 5.29. The summed E-state index contributed by atoms with van der Waals surface area (Å²) in [6, 6.07) is 5.24. The molecule has 0 aliphatic heterocycles. The van der Waals surface area contributed by atoms with Crippen LogP contribution in [0.15, 0.2) is 18.2 Å². The van der Waals surface area contributed by atoms with Crippen molar-refractivity contribution >= 4 is 17.7 Å². The van der Waals surface area contributed by atoms with Crippen LogP contribution in [0.2, 0.25) is 0 Å². The smallest absolute Gasteiger partial charge is 0.320 e. The maximum atomic E-state index is 13.4. The van der Waals surface area contributed by atoms with E-state index in [9.17, 15) is 9.18 Å². The summed E-state index contributed by atoms with van der Waals surface area (Å²) in [5.41, 5.74) is 6.20. The third-order valence-corrected chi connectivity index (χ3v) is 3.36. The molecular formula is C12H13FN2O2S. The minimum Gasteiger partial charge on any atom is -0.480 e. The lowest BCUT2D eigenvalue weighted by molar-refractivity contribution is -0.138. The number of carboxylic acids is 1. The van der Waals surface area contributed by atoms with Crippen LogP contribution < -0.4 is 5.73 Å². The molecular weight excluding hydrogens is 255 g/mol. The van der Waals surface area contributed by atoms with E-state index in [1.165, 1.54) is 30.0 Å². The summed E-state index contributed by atoms with van der Waals surface area (Å²) in [6.07, 6.45) is 0.333. The Morgan fingerprint density at radius 3 is 2.94 bits per heavy atom. The summed E-state index contributed by atoms with van der Waals surface area (Å²) in [5.74, 6) is -0.463. The van der Waals surface area contributed by atoms with Gasteiger partial charge in [-0.25, -0.2) is 4.39 Å². The normalized spacial score (nSPS) is 11.8. The van der Waals surface area contributed by atoms with E-state index < -0.39 is 12.0 Å². The van der Waals surface area contributed by atoms with E-state index >= 15 is 0 Å². The Labute approximate surface area is 109 Å². The van der Waals surface area contributed by atoms with Gasteiger partial charge < -0.3 is 10.8 Å². The number of nitrogens with two attached hydrogens (primary N) is 1. The molecule has 1 unspecified atom stereocenters. The van der Waals surface area contributed by atoms with Crippen molar-refractivity contribution in [1.29, 1.82) is 5.26 Å². The fraction of sp³-hybridized carbons (Fsp3) is 0.333. The van der Waals surface area contributed by atoms with E-state index in [2.05, 4.69) is 0 Å². The highest BCUT2D eigenvalue weighted by Crippen LogP contribution is 2.18. The number of carboxylic acid groups (broad SMARTS) is 1. The second-order valence-corrected chi connectivity index (χ2v) is 4.81. The number of rotatable bonds is 6. The van der Waals surface area contributed by atoms with Gasteiger partial charge in [-0.2, -0.15) is 17.0 Å². The van der Waals surface area contributed by atoms with Crippen molar-refractivity contribution in [3.05, 3.63) is 35.1 Å². The molecule has 0 amide bonds. The number of benzene rings is 1. The van der Waals surface area contributed by atoms with E-state index in [1.807, 2.05) is 6.07 Å². The van der Waals surface area contributed by atoms with Gasteiger partial charge in [0.2, 0.25) is 0 Å². The topological polar surface area (TPSA) is 87.1 Å². The number of halogens is 1. The minimum atomic E-state index is -1.03. The highest BCUT2D eigenvalue weighted by molar-refractivity contribution is 7.98. The Balaban J connectivity index is 2.44. The van der Waals surface area contributed by atoms with E-state index in [-0.39, 0.29) is 5.82 Å². The molecule has 96 valence electrons. The molecule has 4 nitrogen and oxygen atoms in total. The van der Waals surface area contributed by atoms with Gasteiger partial charge >= 0.3 is 5.97 Å². The average Bonchev–Trinajstić information content (AvgIpc) is 2.36. The van der Waals surface area contributed by atoms with E-state index in [4.69, 9.17) is 16.1 Å². The van der Waals surface area contributed by atoms with E-state index in [0.29, 0.717) is 29.1 Å². The van der Waals surface area contributed by atoms with Crippen LogP contribution in [0.25, 0.3) is 0 Å². The standard InChI is InChI=1S/C12H13FN2O2S/c13-10-2-1-8(6-14)5-9(10)7-18-4-3-11(15)12(16)17/h1-2,5,11H,3-4,7,15H2,(H,16,17). The Bertz CT molecular complexity index is 474. The Morgan fingerprint density at radius 1 is 1.61 bits per heavy atom. The molecule has 18 heavy (non-hydrogen) atoms. The van der Waals surface area contributed by atoms with Crippen LogP contribution in [-0.2, 0) is 10.5 Å². The Kier molecular flexibility index (Phi) is 5.62. The van der Waals surface area contributed by atoms with Gasteiger partial charge in [0.25, 0.3) is 0 Å². The first-order chi connectivity index (χ1) is 8.54.